The van der Waals surface area contributed by atoms with Gasteiger partial charge in [-0.1, -0.05) is 22.6 Å². The lowest BCUT2D eigenvalue weighted by atomic mass is 9.92. The average molecular weight is 296 g/mol. The normalized spacial score (nSPS) is 40.1. The number of hydrogen-bond donors (Lipinski definition) is 0. The average Bonchev–Trinajstić information content (AvgIpc) is 2.50. The van der Waals surface area contributed by atoms with Crippen LogP contribution >= 0.6 is 22.6 Å². The fourth-order valence-corrected chi connectivity index (χ4v) is 3.16. The van der Waals surface area contributed by atoms with Crippen LogP contribution in [0.2, 0.25) is 0 Å². The van der Waals surface area contributed by atoms with Gasteiger partial charge in [0.2, 0.25) is 0 Å². The van der Waals surface area contributed by atoms with Gasteiger partial charge in [-0.25, -0.2) is 0 Å². The number of ether oxygens (including phenoxy) is 2. The van der Waals surface area contributed by atoms with Gasteiger partial charge in [-0.05, 0) is 6.42 Å². The zero-order chi connectivity index (χ0) is 9.31. The van der Waals surface area contributed by atoms with E-state index in [4.69, 9.17) is 9.47 Å². The second-order valence-corrected chi connectivity index (χ2v) is 4.31. The predicted octanol–water partition coefficient (Wildman–Crippen LogP) is 1.33. The van der Waals surface area contributed by atoms with Crippen LogP contribution in [0, 0.1) is 0 Å². The van der Waals surface area contributed by atoms with E-state index < -0.39 is 5.60 Å². The van der Waals surface area contributed by atoms with Gasteiger partial charge in [-0.15, -0.1) is 0 Å². The molecular weight excluding hydrogens is 283 g/mol. The maximum absolute atomic E-state index is 11.8. The lowest BCUT2D eigenvalue weighted by molar-refractivity contribution is -0.142. The number of rotatable bonds is 1. The number of carbonyl (C=O) groups excluding carboxylic acids is 1. The summed E-state index contributed by atoms with van der Waals surface area (Å²) in [5.74, 6) is 0.238. The van der Waals surface area contributed by atoms with Crippen LogP contribution < -0.4 is 0 Å². The topological polar surface area (TPSA) is 35.5 Å². The smallest absolute Gasteiger partial charge is 0.168 e. The third-order valence-electron chi connectivity index (χ3n) is 2.80. The minimum atomic E-state index is -0.600. The van der Waals surface area contributed by atoms with Gasteiger partial charge in [0, 0.05) is 23.9 Å². The molecule has 0 aliphatic carbocycles. The number of ketones is 1. The molecule has 4 heteroatoms. The molecule has 0 bridgehead atoms. The molecule has 13 heavy (non-hydrogen) atoms. The first-order valence-electron chi connectivity index (χ1n) is 4.64. The van der Waals surface area contributed by atoms with Crippen molar-refractivity contribution < 1.29 is 14.3 Å². The van der Waals surface area contributed by atoms with Crippen LogP contribution in [0.4, 0.5) is 0 Å². The highest BCUT2D eigenvalue weighted by Crippen LogP contribution is 2.35. The summed E-state index contributed by atoms with van der Waals surface area (Å²) in [4.78, 5) is 11.8. The molecule has 0 aromatic heterocycles. The number of carbonyl (C=O) groups is 1. The number of Topliss-reactive ketones (excluding diaryl/α,β-unsaturated/α-hetero) is 1. The monoisotopic (exact) mass is 296 g/mol. The first-order valence-corrected chi connectivity index (χ1v) is 6.17. The maximum Gasteiger partial charge on any atom is 0.168 e. The van der Waals surface area contributed by atoms with Crippen LogP contribution in [-0.2, 0) is 14.3 Å². The molecular formula is C9H13IO3. The lowest BCUT2D eigenvalue weighted by Gasteiger charge is -2.28. The Morgan fingerprint density at radius 2 is 2.38 bits per heavy atom. The van der Waals surface area contributed by atoms with Crippen LogP contribution in [0.1, 0.15) is 19.3 Å². The fraction of sp³-hybridized carbons (Fsp3) is 0.889. The Hall–Kier alpha value is 0.320. The summed E-state index contributed by atoms with van der Waals surface area (Å²) in [5, 5.41) is 0. The second-order valence-electron chi connectivity index (χ2n) is 3.55. The van der Waals surface area contributed by atoms with Gasteiger partial charge in [0.1, 0.15) is 0 Å². The number of halogens is 1. The van der Waals surface area contributed by atoms with Crippen LogP contribution in [-0.4, -0.2) is 35.1 Å². The lowest BCUT2D eigenvalue weighted by Crippen LogP contribution is -2.48. The Balaban J connectivity index is 2.26. The number of alkyl halides is 1. The molecule has 0 aromatic rings. The van der Waals surface area contributed by atoms with Gasteiger partial charge in [-0.3, -0.25) is 4.79 Å². The molecule has 3 nitrogen and oxygen atoms in total. The molecule has 2 fully saturated rings. The Kier molecular flexibility index (Phi) is 2.90. The summed E-state index contributed by atoms with van der Waals surface area (Å²) in [5.41, 5.74) is -0.600. The summed E-state index contributed by atoms with van der Waals surface area (Å²) >= 11 is 2.22. The zero-order valence-electron chi connectivity index (χ0n) is 7.42. The molecule has 74 valence electrons. The standard InChI is InChI=1S/C9H13IO3/c10-6-9-7(11)2-1-4-12-8(9)3-5-13-9/h8H,1-6H2/t8-,9-/m0/s1. The summed E-state index contributed by atoms with van der Waals surface area (Å²) in [6.45, 7) is 1.37. The van der Waals surface area contributed by atoms with E-state index in [0.29, 0.717) is 24.1 Å². The van der Waals surface area contributed by atoms with Gasteiger partial charge in [0.25, 0.3) is 0 Å². The van der Waals surface area contributed by atoms with Gasteiger partial charge in [0.15, 0.2) is 11.4 Å². The predicted molar refractivity (Wildman–Crippen MR) is 56.2 cm³/mol. The largest absolute Gasteiger partial charge is 0.375 e. The van der Waals surface area contributed by atoms with E-state index in [1.54, 1.807) is 0 Å². The van der Waals surface area contributed by atoms with Crippen molar-refractivity contribution in [2.24, 2.45) is 0 Å². The number of hydrogen-bond acceptors (Lipinski definition) is 3. The Morgan fingerprint density at radius 1 is 1.54 bits per heavy atom. The van der Waals surface area contributed by atoms with Crippen molar-refractivity contribution in [1.82, 2.24) is 0 Å². The quantitative estimate of drug-likeness (QED) is 0.541. The molecule has 0 unspecified atom stereocenters. The molecule has 2 aliphatic heterocycles. The summed E-state index contributed by atoms with van der Waals surface area (Å²) in [6.07, 6.45) is 2.34. The SMILES string of the molecule is O=C1CCCO[C@H]2CCO[C@@]12CI. The highest BCUT2D eigenvalue weighted by Gasteiger charge is 2.50. The molecule has 0 saturated carbocycles. The molecule has 2 heterocycles. The highest BCUT2D eigenvalue weighted by atomic mass is 127. The zero-order valence-corrected chi connectivity index (χ0v) is 9.58. The minimum Gasteiger partial charge on any atom is -0.375 e. The van der Waals surface area contributed by atoms with Crippen LogP contribution in [0.3, 0.4) is 0 Å². The molecule has 0 amide bonds. The van der Waals surface area contributed by atoms with Gasteiger partial charge in [0.05, 0.1) is 12.7 Å². The van der Waals surface area contributed by atoms with Gasteiger partial charge >= 0.3 is 0 Å². The maximum atomic E-state index is 11.8. The summed E-state index contributed by atoms with van der Waals surface area (Å²) < 4.78 is 12.0. The number of fused-ring (bicyclic) bond motifs is 1. The first kappa shape index (κ1) is 9.86. The van der Waals surface area contributed by atoms with Gasteiger partial charge < -0.3 is 9.47 Å². The molecule has 2 atom stereocenters. The van der Waals surface area contributed by atoms with Gasteiger partial charge in [-0.2, -0.15) is 0 Å². The third kappa shape index (κ3) is 1.53. The van der Waals surface area contributed by atoms with Crippen molar-refractivity contribution in [3.8, 4) is 0 Å². The molecule has 2 aliphatic rings. The van der Waals surface area contributed by atoms with E-state index in [1.165, 1.54) is 0 Å². The summed E-state index contributed by atoms with van der Waals surface area (Å²) in [6, 6.07) is 0. The van der Waals surface area contributed by atoms with E-state index in [1.807, 2.05) is 0 Å². The molecule has 2 saturated heterocycles. The third-order valence-corrected chi connectivity index (χ3v) is 3.93. The molecule has 0 radical (unpaired) electrons. The van der Waals surface area contributed by atoms with Crippen molar-refractivity contribution >= 4 is 28.4 Å². The highest BCUT2D eigenvalue weighted by molar-refractivity contribution is 14.1. The van der Waals surface area contributed by atoms with Crippen LogP contribution in [0.15, 0.2) is 0 Å². The van der Waals surface area contributed by atoms with Crippen molar-refractivity contribution in [2.75, 3.05) is 17.6 Å². The Morgan fingerprint density at radius 3 is 3.15 bits per heavy atom. The van der Waals surface area contributed by atoms with Crippen LogP contribution in [0.5, 0.6) is 0 Å². The van der Waals surface area contributed by atoms with Crippen molar-refractivity contribution in [2.45, 2.75) is 31.0 Å². The van der Waals surface area contributed by atoms with Crippen molar-refractivity contribution in [1.29, 1.82) is 0 Å². The molecule has 0 spiro atoms. The molecule has 2 rings (SSSR count). The Labute approximate surface area is 91.3 Å². The van der Waals surface area contributed by atoms with Crippen molar-refractivity contribution in [3.63, 3.8) is 0 Å². The second kappa shape index (κ2) is 3.82. The first-order chi connectivity index (χ1) is 6.29. The van der Waals surface area contributed by atoms with E-state index in [0.717, 1.165) is 12.8 Å². The van der Waals surface area contributed by atoms with E-state index in [-0.39, 0.29) is 11.9 Å². The molecule has 0 N–H and O–H groups in total. The van der Waals surface area contributed by atoms with E-state index in [9.17, 15) is 4.79 Å². The molecule has 0 aromatic carbocycles. The minimum absolute atomic E-state index is 0.0133. The van der Waals surface area contributed by atoms with E-state index in [2.05, 4.69) is 22.6 Å². The fourth-order valence-electron chi connectivity index (χ4n) is 2.02. The van der Waals surface area contributed by atoms with Crippen molar-refractivity contribution in [3.05, 3.63) is 0 Å². The van der Waals surface area contributed by atoms with E-state index >= 15 is 0 Å². The summed E-state index contributed by atoms with van der Waals surface area (Å²) in [7, 11) is 0. The Bertz CT molecular complexity index is 219. The van der Waals surface area contributed by atoms with Crippen LogP contribution in [0.25, 0.3) is 0 Å².